The molecule has 0 aliphatic heterocycles. The molecule has 3 aliphatic carbocycles. The molecule has 3 aliphatic rings. The number of nitrogens with two attached hydrogens (primary N) is 1. The Labute approximate surface area is 246 Å². The molecule has 0 spiro atoms. The Morgan fingerprint density at radius 1 is 1.02 bits per heavy atom. The Morgan fingerprint density at radius 2 is 1.67 bits per heavy atom. The Kier molecular flexibility index (Phi) is 7.19. The minimum atomic E-state index is -2.74. The average Bonchev–Trinajstić information content (AvgIpc) is 2.92. The first kappa shape index (κ1) is 29.6. The van der Waals surface area contributed by atoms with Crippen molar-refractivity contribution in [3.63, 3.8) is 0 Å². The number of phenols is 1. The summed E-state index contributed by atoms with van der Waals surface area (Å²) in [7, 11) is 6.55. The van der Waals surface area contributed by atoms with Gasteiger partial charge in [0.05, 0.1) is 17.3 Å². The summed E-state index contributed by atoms with van der Waals surface area (Å²) in [5, 5.41) is 50.9. The highest BCUT2D eigenvalue weighted by Crippen LogP contribution is 2.54. The number of para-hydroxylation sites is 1. The molecule has 2 aromatic rings. The zero-order valence-corrected chi connectivity index (χ0v) is 24.0. The Bertz CT molecular complexity index is 1630. The first-order chi connectivity index (χ1) is 20.2. The molecule has 4 atom stereocenters. The zero-order chi connectivity index (χ0) is 31.5. The largest absolute Gasteiger partial charge is 0.508 e. The first-order valence-corrected chi connectivity index (χ1v) is 13.5. The predicted octanol–water partition coefficient (Wildman–Crippen LogP) is 1.67. The van der Waals surface area contributed by atoms with Crippen LogP contribution in [0.5, 0.6) is 5.75 Å². The Balaban J connectivity index is 1.65. The molecule has 43 heavy (non-hydrogen) atoms. The molecule has 13 heteroatoms. The molecule has 0 saturated heterocycles. The number of carbonyl (C=O) groups excluding carboxylic acids is 4. The minimum Gasteiger partial charge on any atom is -0.508 e. The molecule has 0 radical (unpaired) electrons. The molecule has 1 fully saturated rings. The van der Waals surface area contributed by atoms with Crippen LogP contribution in [-0.2, 0) is 20.8 Å². The zero-order valence-electron chi connectivity index (χ0n) is 24.0. The summed E-state index contributed by atoms with van der Waals surface area (Å²) in [6, 6.07) is 8.30. The summed E-state index contributed by atoms with van der Waals surface area (Å²) < 4.78 is 0. The number of hydrogen-bond acceptors (Lipinski definition) is 10. The number of fused-ring (bicyclic) bond motifs is 3. The number of nitrogens with zero attached hydrogens (tertiary/aromatic N) is 2. The summed E-state index contributed by atoms with van der Waals surface area (Å²) >= 11 is 0. The van der Waals surface area contributed by atoms with Gasteiger partial charge in [0.1, 0.15) is 17.1 Å². The molecule has 0 unspecified atom stereocenters. The number of Topliss-reactive ketones (excluding diaryl/α,β-unsaturated/α-hetero) is 2. The fraction of sp³-hybridized carbons (Fsp3) is 0.333. The second-order valence-corrected chi connectivity index (χ2v) is 11.4. The van der Waals surface area contributed by atoms with E-state index in [-0.39, 0.29) is 29.7 Å². The van der Waals surface area contributed by atoms with Crippen LogP contribution in [0.4, 0.5) is 21.9 Å². The number of benzene rings is 2. The molecule has 0 bridgehead atoms. The van der Waals surface area contributed by atoms with E-state index >= 15 is 0 Å². The quantitative estimate of drug-likeness (QED) is 0.198. The van der Waals surface area contributed by atoms with Crippen molar-refractivity contribution in [2.24, 2.45) is 17.6 Å². The molecule has 2 aromatic carbocycles. The number of phenolic OH excluding ortho intramolecular Hbond substituents is 1. The smallest absolute Gasteiger partial charge is 0.323 e. The molecule has 0 heterocycles. The normalized spacial score (nSPS) is 24.7. The lowest BCUT2D eigenvalue weighted by Crippen LogP contribution is -2.65. The van der Waals surface area contributed by atoms with Gasteiger partial charge in [0, 0.05) is 37.0 Å². The lowest BCUT2D eigenvalue weighted by molar-refractivity contribution is -0.153. The van der Waals surface area contributed by atoms with Crippen molar-refractivity contribution in [3.8, 4) is 5.75 Å². The van der Waals surface area contributed by atoms with Crippen LogP contribution in [0.3, 0.4) is 0 Å². The Hall–Kier alpha value is -4.88. The highest BCUT2D eigenvalue weighted by Gasteiger charge is 2.64. The number of amides is 3. The fourth-order valence-corrected chi connectivity index (χ4v) is 6.59. The van der Waals surface area contributed by atoms with Gasteiger partial charge in [-0.2, -0.15) is 0 Å². The van der Waals surface area contributed by atoms with Gasteiger partial charge in [-0.25, -0.2) is 4.79 Å². The molecule has 3 amide bonds. The maximum absolute atomic E-state index is 14.1. The van der Waals surface area contributed by atoms with E-state index in [1.165, 1.54) is 19.0 Å². The number of nitrogens with one attached hydrogen (secondary N) is 2. The molecular formula is C30H33N5O8. The lowest BCUT2D eigenvalue weighted by atomic mass is 9.57. The third-order valence-electron chi connectivity index (χ3n) is 8.46. The van der Waals surface area contributed by atoms with Crippen LogP contribution in [0.25, 0.3) is 5.76 Å². The number of urea groups is 1. The van der Waals surface area contributed by atoms with Crippen molar-refractivity contribution in [1.82, 2.24) is 4.90 Å². The summed E-state index contributed by atoms with van der Waals surface area (Å²) in [6.45, 7) is 0. The number of aromatic hydroxyl groups is 1. The number of aliphatic hydroxyl groups excluding tert-OH is 2. The summed E-state index contributed by atoms with van der Waals surface area (Å²) in [4.78, 5) is 55.4. The third kappa shape index (κ3) is 4.48. The maximum atomic E-state index is 14.1. The molecule has 8 N–H and O–H groups in total. The third-order valence-corrected chi connectivity index (χ3v) is 8.46. The number of rotatable bonds is 5. The van der Waals surface area contributed by atoms with E-state index in [2.05, 4.69) is 10.6 Å². The van der Waals surface area contributed by atoms with Gasteiger partial charge in [0.2, 0.25) is 5.78 Å². The molecule has 5 rings (SSSR count). The first-order valence-electron chi connectivity index (χ1n) is 13.5. The van der Waals surface area contributed by atoms with Crippen LogP contribution >= 0.6 is 0 Å². The standard InChI is InChI=1S/C30H33N5O8/c1-34(2)18-12-17(33-29(42)32-14-8-6-5-7-9-14)23(36)20-15(18)10-13-11-16-22(35(3)4)25(38)21(28(31)41)27(40)30(16,43)26(39)19(13)24(20)37/h5-9,12-13,16,22,36-37,40,43H,10-11H2,1-4H3,(H2,31,41)(H2,32,33,42)/t13-,16-,22+,30-/m0/s1. The SMILES string of the molecule is CN(C)c1cc(NC(=O)Nc2ccccc2)c(O)c2c1C[C@H]1C[C@H]3[C@@H](N(C)C)C(=O)C(C(N)=O)=C(O)[C@@]3(O)C(=O)C1=C2O. The van der Waals surface area contributed by atoms with Gasteiger partial charge in [-0.3, -0.25) is 19.3 Å². The van der Waals surface area contributed by atoms with Gasteiger partial charge >= 0.3 is 6.03 Å². The van der Waals surface area contributed by atoms with Crippen LogP contribution in [0, 0.1) is 11.8 Å². The van der Waals surface area contributed by atoms with Gasteiger partial charge in [-0.05, 0) is 56.6 Å². The summed E-state index contributed by atoms with van der Waals surface area (Å²) in [5.41, 5.74) is 2.79. The highest BCUT2D eigenvalue weighted by molar-refractivity contribution is 6.24. The van der Waals surface area contributed by atoms with Crippen molar-refractivity contribution < 1.29 is 39.6 Å². The van der Waals surface area contributed by atoms with Crippen molar-refractivity contribution >= 4 is 46.3 Å². The monoisotopic (exact) mass is 591 g/mol. The van der Waals surface area contributed by atoms with Gasteiger partial charge in [-0.1, -0.05) is 18.2 Å². The van der Waals surface area contributed by atoms with Crippen LogP contribution in [0.2, 0.25) is 0 Å². The molecule has 13 nitrogen and oxygen atoms in total. The molecule has 1 saturated carbocycles. The molecule has 0 aromatic heterocycles. The average molecular weight is 592 g/mol. The van der Waals surface area contributed by atoms with E-state index in [0.29, 0.717) is 16.9 Å². The van der Waals surface area contributed by atoms with Gasteiger partial charge in [0.15, 0.2) is 17.1 Å². The van der Waals surface area contributed by atoms with E-state index in [1.54, 1.807) is 55.4 Å². The van der Waals surface area contributed by atoms with Crippen LogP contribution < -0.4 is 21.3 Å². The van der Waals surface area contributed by atoms with Crippen LogP contribution in [-0.4, -0.2) is 88.7 Å². The topological polar surface area (TPSA) is 206 Å². The van der Waals surface area contributed by atoms with Gasteiger partial charge in [-0.15, -0.1) is 0 Å². The van der Waals surface area contributed by atoms with Crippen LogP contribution in [0.15, 0.2) is 53.3 Å². The van der Waals surface area contributed by atoms with Crippen molar-refractivity contribution in [3.05, 3.63) is 64.4 Å². The van der Waals surface area contributed by atoms with E-state index in [9.17, 15) is 39.6 Å². The van der Waals surface area contributed by atoms with E-state index in [0.717, 1.165) is 0 Å². The number of anilines is 3. The fourth-order valence-electron chi connectivity index (χ4n) is 6.59. The Morgan fingerprint density at radius 3 is 2.26 bits per heavy atom. The summed E-state index contributed by atoms with van der Waals surface area (Å²) in [5.74, 6) is -7.45. The predicted molar refractivity (Wildman–Crippen MR) is 158 cm³/mol. The second kappa shape index (κ2) is 10.4. The maximum Gasteiger partial charge on any atom is 0.323 e. The minimum absolute atomic E-state index is 0.0289. The number of likely N-dealkylation sites (N-methyl/N-ethyl adjacent to an activating group) is 1. The second-order valence-electron chi connectivity index (χ2n) is 11.4. The highest BCUT2D eigenvalue weighted by atomic mass is 16.3. The van der Waals surface area contributed by atoms with Crippen molar-refractivity contribution in [2.75, 3.05) is 43.7 Å². The lowest BCUT2D eigenvalue weighted by Gasteiger charge is -2.50. The van der Waals surface area contributed by atoms with Crippen molar-refractivity contribution in [2.45, 2.75) is 24.5 Å². The van der Waals surface area contributed by atoms with Gasteiger partial charge in [0.25, 0.3) is 5.91 Å². The van der Waals surface area contributed by atoms with Crippen molar-refractivity contribution in [1.29, 1.82) is 0 Å². The van der Waals surface area contributed by atoms with Crippen LogP contribution in [0.1, 0.15) is 17.5 Å². The molecule has 226 valence electrons. The number of aliphatic hydroxyl groups is 3. The number of carbonyl (C=O) groups is 4. The van der Waals surface area contributed by atoms with Gasteiger partial charge < -0.3 is 41.7 Å². The summed E-state index contributed by atoms with van der Waals surface area (Å²) in [6.07, 6.45) is 0.0883. The van der Waals surface area contributed by atoms with E-state index in [1.807, 2.05) is 0 Å². The van der Waals surface area contributed by atoms with E-state index in [4.69, 9.17) is 5.73 Å². The number of primary amides is 1. The number of ketones is 2. The number of hydrogen-bond donors (Lipinski definition) is 7. The van der Waals surface area contributed by atoms with E-state index < -0.39 is 69.8 Å². The molecular weight excluding hydrogens is 558 g/mol.